The van der Waals surface area contributed by atoms with Gasteiger partial charge in [-0.25, -0.2) is 12.8 Å². The van der Waals surface area contributed by atoms with E-state index < -0.39 is 21.1 Å². The van der Waals surface area contributed by atoms with Crippen molar-refractivity contribution in [2.24, 2.45) is 5.41 Å². The normalized spacial score (nSPS) is 17.1. The van der Waals surface area contributed by atoms with Gasteiger partial charge in [-0.05, 0) is 48.1 Å². The molecule has 2 radical (unpaired) electrons. The summed E-state index contributed by atoms with van der Waals surface area (Å²) in [6.07, 6.45) is 6.44. The summed E-state index contributed by atoms with van der Waals surface area (Å²) < 4.78 is 39.8. The van der Waals surface area contributed by atoms with Crippen molar-refractivity contribution < 1.29 is 12.8 Å². The zero-order valence-corrected chi connectivity index (χ0v) is 23.7. The maximum absolute atomic E-state index is 13.9. The van der Waals surface area contributed by atoms with E-state index >= 15 is 0 Å². The van der Waals surface area contributed by atoms with E-state index in [1.54, 1.807) is 18.2 Å². The standard InChI is InChI=1S/C28H31BFN7O2S/c1-27(2,3)16-33-25-17(13-31)14-32-26-22(25)11-20(12-23(26)40(4,38)39)34-28(29,18-5-7-19(30)8-6-18)24-15-37(36-35-24)21-9-10-21/h5-8,11-12,14-15,21,34-36H,9-10,16H2,1-4H3,(H,32,33). The van der Waals surface area contributed by atoms with Crippen molar-refractivity contribution in [1.82, 2.24) is 21.0 Å². The maximum Gasteiger partial charge on any atom is 0.177 e. The van der Waals surface area contributed by atoms with Crippen LogP contribution < -0.4 is 21.6 Å². The first kappa shape index (κ1) is 27.7. The molecule has 0 amide bonds. The molecule has 5 rings (SSSR count). The van der Waals surface area contributed by atoms with E-state index in [0.29, 0.717) is 40.6 Å². The Balaban J connectivity index is 1.68. The van der Waals surface area contributed by atoms with Gasteiger partial charge in [0, 0.05) is 42.3 Å². The van der Waals surface area contributed by atoms with E-state index in [-0.39, 0.29) is 21.4 Å². The van der Waals surface area contributed by atoms with Crippen LogP contribution in [0.2, 0.25) is 0 Å². The van der Waals surface area contributed by atoms with Gasteiger partial charge in [-0.1, -0.05) is 32.9 Å². The number of benzene rings is 2. The highest BCUT2D eigenvalue weighted by atomic mass is 32.2. The number of aromatic nitrogens is 1. The van der Waals surface area contributed by atoms with Crippen LogP contribution in [0, 0.1) is 22.6 Å². The summed E-state index contributed by atoms with van der Waals surface area (Å²) in [5.74, 6) is -0.410. The number of nitrogens with zero attached hydrogens (tertiary/aromatic N) is 3. The van der Waals surface area contributed by atoms with E-state index in [0.717, 1.165) is 19.1 Å². The highest BCUT2D eigenvalue weighted by Crippen LogP contribution is 2.38. The lowest BCUT2D eigenvalue weighted by Crippen LogP contribution is -2.45. The molecule has 0 bridgehead atoms. The van der Waals surface area contributed by atoms with Crippen LogP contribution in [0.15, 0.2) is 59.4 Å². The number of halogens is 1. The third-order valence-electron chi connectivity index (χ3n) is 6.85. The minimum absolute atomic E-state index is 0.0108. The Bertz CT molecular complexity index is 1640. The molecule has 1 saturated carbocycles. The molecule has 206 valence electrons. The summed E-state index contributed by atoms with van der Waals surface area (Å²) in [5, 5.41) is 18.9. The molecule has 12 heteroatoms. The smallest absolute Gasteiger partial charge is 0.177 e. The molecule has 1 aliphatic heterocycles. The second-order valence-electron chi connectivity index (χ2n) is 11.6. The Morgan fingerprint density at radius 3 is 2.52 bits per heavy atom. The van der Waals surface area contributed by atoms with Gasteiger partial charge in [-0.15, -0.1) is 5.53 Å². The number of rotatable bonds is 8. The Hall–Kier alpha value is -3.82. The van der Waals surface area contributed by atoms with E-state index in [1.165, 1.54) is 24.4 Å². The van der Waals surface area contributed by atoms with Crippen LogP contribution in [0.1, 0.15) is 44.7 Å². The molecule has 1 aliphatic carbocycles. The van der Waals surface area contributed by atoms with Crippen LogP contribution in [0.5, 0.6) is 0 Å². The highest BCUT2D eigenvalue weighted by Gasteiger charge is 2.38. The summed E-state index contributed by atoms with van der Waals surface area (Å²) in [4.78, 5) is 4.35. The lowest BCUT2D eigenvalue weighted by atomic mass is 9.69. The van der Waals surface area contributed by atoms with Crippen molar-refractivity contribution in [2.45, 2.75) is 50.0 Å². The van der Waals surface area contributed by atoms with Crippen molar-refractivity contribution in [1.29, 1.82) is 5.26 Å². The number of hydrazine groups is 2. The highest BCUT2D eigenvalue weighted by molar-refractivity contribution is 7.91. The molecule has 2 aliphatic rings. The Labute approximate surface area is 235 Å². The molecule has 2 heterocycles. The van der Waals surface area contributed by atoms with Crippen molar-refractivity contribution in [3.8, 4) is 6.07 Å². The zero-order valence-electron chi connectivity index (χ0n) is 22.8. The van der Waals surface area contributed by atoms with Crippen molar-refractivity contribution in [3.63, 3.8) is 0 Å². The largest absolute Gasteiger partial charge is 0.383 e. The van der Waals surface area contributed by atoms with Crippen LogP contribution >= 0.6 is 0 Å². The second-order valence-corrected chi connectivity index (χ2v) is 13.6. The molecule has 9 nitrogen and oxygen atoms in total. The minimum atomic E-state index is -3.74. The Morgan fingerprint density at radius 1 is 1.23 bits per heavy atom. The Morgan fingerprint density at radius 2 is 1.93 bits per heavy atom. The number of hydrogen-bond acceptors (Lipinski definition) is 9. The number of sulfone groups is 1. The first-order chi connectivity index (χ1) is 18.8. The number of anilines is 2. The average Bonchev–Trinajstić information content (AvgIpc) is 3.61. The first-order valence-electron chi connectivity index (χ1n) is 12.9. The molecule has 40 heavy (non-hydrogen) atoms. The molecular weight excluding hydrogens is 528 g/mol. The van der Waals surface area contributed by atoms with Crippen LogP contribution in [0.25, 0.3) is 10.9 Å². The van der Waals surface area contributed by atoms with Crippen molar-refractivity contribution in [3.05, 3.63) is 71.4 Å². The summed E-state index contributed by atoms with van der Waals surface area (Å²) in [5.41, 5.74) is 7.20. The monoisotopic (exact) mass is 559 g/mol. The lowest BCUT2D eigenvalue weighted by molar-refractivity contribution is 0.260. The van der Waals surface area contributed by atoms with Gasteiger partial charge >= 0.3 is 0 Å². The SMILES string of the molecule is [B]C(Nc1cc(S(C)(=O)=O)c2ncc(C#N)c(NCC(C)(C)C)c2c1)(C1=CN(C2CC2)NN1)c1ccc(F)cc1. The number of hydrogen-bond donors (Lipinski definition) is 4. The van der Waals surface area contributed by atoms with Gasteiger partial charge in [0.05, 0.1) is 32.8 Å². The van der Waals surface area contributed by atoms with Crippen molar-refractivity contribution in [2.75, 3.05) is 23.4 Å². The summed E-state index contributed by atoms with van der Waals surface area (Å²) >= 11 is 0. The molecule has 0 saturated heterocycles. The van der Waals surface area contributed by atoms with Crippen LogP contribution in [0.3, 0.4) is 0 Å². The predicted octanol–water partition coefficient (Wildman–Crippen LogP) is 3.87. The first-order valence-corrected chi connectivity index (χ1v) is 14.8. The van der Waals surface area contributed by atoms with Gasteiger partial charge in [0.2, 0.25) is 0 Å². The number of nitrogens with one attached hydrogen (secondary N) is 4. The number of pyridine rings is 1. The van der Waals surface area contributed by atoms with Gasteiger partial charge in [0.25, 0.3) is 0 Å². The molecule has 3 aromatic rings. The van der Waals surface area contributed by atoms with Gasteiger partial charge in [0.15, 0.2) is 9.84 Å². The average molecular weight is 559 g/mol. The Kier molecular flexibility index (Phi) is 6.92. The fourth-order valence-electron chi connectivity index (χ4n) is 4.57. The van der Waals surface area contributed by atoms with Crippen molar-refractivity contribution >= 4 is 40.0 Å². The summed E-state index contributed by atoms with van der Waals surface area (Å²) in [7, 11) is 3.30. The van der Waals surface area contributed by atoms with E-state index in [2.05, 4.69) is 53.4 Å². The molecular formula is C28H31BFN7O2S. The fourth-order valence-corrected chi connectivity index (χ4v) is 5.42. The third-order valence-corrected chi connectivity index (χ3v) is 7.96. The predicted molar refractivity (Wildman–Crippen MR) is 154 cm³/mol. The minimum Gasteiger partial charge on any atom is -0.383 e. The second kappa shape index (κ2) is 9.98. The molecule has 1 unspecified atom stereocenters. The van der Waals surface area contributed by atoms with Crippen LogP contribution in [-0.4, -0.2) is 45.1 Å². The molecule has 1 aromatic heterocycles. The van der Waals surface area contributed by atoms with E-state index in [9.17, 15) is 18.1 Å². The third kappa shape index (κ3) is 5.57. The lowest BCUT2D eigenvalue weighted by Gasteiger charge is -2.34. The molecule has 1 atom stereocenters. The topological polar surface area (TPSA) is 122 Å². The van der Waals surface area contributed by atoms with Gasteiger partial charge < -0.3 is 16.1 Å². The van der Waals surface area contributed by atoms with Gasteiger partial charge in [0.1, 0.15) is 19.7 Å². The van der Waals surface area contributed by atoms with E-state index in [4.69, 9.17) is 7.85 Å². The molecule has 0 spiro atoms. The summed E-state index contributed by atoms with van der Waals surface area (Å²) in [6.45, 7) is 6.69. The van der Waals surface area contributed by atoms with E-state index in [1.807, 2.05) is 11.2 Å². The number of fused-ring (bicyclic) bond motifs is 1. The van der Waals surface area contributed by atoms with Gasteiger partial charge in [-0.3, -0.25) is 9.99 Å². The zero-order chi connectivity index (χ0) is 28.9. The maximum atomic E-state index is 13.9. The fraction of sp³-hybridized carbons (Fsp3) is 0.357. The molecule has 2 aromatic carbocycles. The van der Waals surface area contributed by atoms with Crippen LogP contribution in [0.4, 0.5) is 15.8 Å². The number of nitriles is 1. The molecule has 4 N–H and O–H groups in total. The van der Waals surface area contributed by atoms with Crippen LogP contribution in [-0.2, 0) is 15.3 Å². The van der Waals surface area contributed by atoms with Gasteiger partial charge in [-0.2, -0.15) is 5.26 Å². The quantitative estimate of drug-likeness (QED) is 0.305. The summed E-state index contributed by atoms with van der Waals surface area (Å²) in [6, 6.07) is 11.5. The molecule has 1 fully saturated rings.